The molecule has 4 aromatic rings. The summed E-state index contributed by atoms with van der Waals surface area (Å²) in [5, 5.41) is 7.97. The van der Waals surface area contributed by atoms with E-state index in [1.54, 1.807) is 37.4 Å². The Morgan fingerprint density at radius 3 is 2.45 bits per heavy atom. The molecule has 156 valence electrons. The predicted octanol–water partition coefficient (Wildman–Crippen LogP) is 5.27. The first-order valence-corrected chi connectivity index (χ1v) is 9.95. The lowest BCUT2D eigenvalue weighted by atomic mass is 10.1. The highest BCUT2D eigenvalue weighted by atomic mass is 35.5. The summed E-state index contributed by atoms with van der Waals surface area (Å²) in [6.07, 6.45) is 0. The van der Waals surface area contributed by atoms with Gasteiger partial charge in [0.15, 0.2) is 0 Å². The van der Waals surface area contributed by atoms with E-state index in [4.69, 9.17) is 16.3 Å². The Balaban J connectivity index is 1.68. The second-order valence-electron chi connectivity index (χ2n) is 6.82. The summed E-state index contributed by atoms with van der Waals surface area (Å²) in [5.74, 6) is 0.0825. The van der Waals surface area contributed by atoms with Gasteiger partial charge in [-0.3, -0.25) is 4.79 Å². The van der Waals surface area contributed by atoms with Crippen molar-refractivity contribution in [2.45, 2.75) is 6.54 Å². The molecule has 0 aliphatic carbocycles. The molecule has 1 heterocycles. The molecule has 0 atom stereocenters. The van der Waals surface area contributed by atoms with Crippen LogP contribution in [0.4, 0.5) is 4.39 Å². The molecule has 0 radical (unpaired) electrons. The minimum Gasteiger partial charge on any atom is -0.497 e. The number of nitrogens with one attached hydrogen (secondary N) is 1. The first kappa shape index (κ1) is 20.6. The summed E-state index contributed by atoms with van der Waals surface area (Å²) in [5.41, 5.74) is 3.17. The van der Waals surface area contributed by atoms with Crippen LogP contribution in [0.15, 0.2) is 78.9 Å². The number of carbonyl (C=O) groups is 1. The summed E-state index contributed by atoms with van der Waals surface area (Å²) in [6, 6.07) is 22.3. The first-order valence-electron chi connectivity index (χ1n) is 9.57. The van der Waals surface area contributed by atoms with Crippen molar-refractivity contribution >= 4 is 17.5 Å². The van der Waals surface area contributed by atoms with Gasteiger partial charge < -0.3 is 10.1 Å². The molecule has 0 aliphatic heterocycles. The van der Waals surface area contributed by atoms with E-state index >= 15 is 0 Å². The van der Waals surface area contributed by atoms with Crippen LogP contribution in [0.25, 0.3) is 16.9 Å². The van der Waals surface area contributed by atoms with Gasteiger partial charge in [0.2, 0.25) is 0 Å². The molecule has 3 aromatic carbocycles. The van der Waals surface area contributed by atoms with Crippen molar-refractivity contribution in [3.8, 4) is 22.7 Å². The fourth-order valence-electron chi connectivity index (χ4n) is 3.13. The molecule has 0 unspecified atom stereocenters. The van der Waals surface area contributed by atoms with Gasteiger partial charge in [-0.15, -0.1) is 0 Å². The first-order chi connectivity index (χ1) is 15.0. The molecule has 0 saturated heterocycles. The molecule has 0 aliphatic rings. The fourth-order valence-corrected chi connectivity index (χ4v) is 3.34. The summed E-state index contributed by atoms with van der Waals surface area (Å²) >= 11 is 6.37. The number of hydrogen-bond acceptors (Lipinski definition) is 3. The van der Waals surface area contributed by atoms with Crippen LogP contribution in [0.5, 0.6) is 5.75 Å². The maximum atomic E-state index is 13.1. The molecule has 7 heteroatoms. The van der Waals surface area contributed by atoms with Gasteiger partial charge in [0.25, 0.3) is 5.91 Å². The van der Waals surface area contributed by atoms with E-state index in [1.165, 1.54) is 16.8 Å². The number of rotatable bonds is 6. The highest BCUT2D eigenvalue weighted by Gasteiger charge is 2.19. The van der Waals surface area contributed by atoms with Crippen LogP contribution in [0, 0.1) is 5.82 Å². The Morgan fingerprint density at radius 2 is 1.77 bits per heavy atom. The zero-order valence-corrected chi connectivity index (χ0v) is 17.4. The third-order valence-corrected chi connectivity index (χ3v) is 5.09. The Kier molecular flexibility index (Phi) is 6.00. The topological polar surface area (TPSA) is 56.1 Å². The maximum absolute atomic E-state index is 13.1. The molecule has 4 rings (SSSR count). The molecule has 31 heavy (non-hydrogen) atoms. The monoisotopic (exact) mass is 435 g/mol. The van der Waals surface area contributed by atoms with Crippen LogP contribution in [0.1, 0.15) is 16.1 Å². The van der Waals surface area contributed by atoms with E-state index in [1.807, 2.05) is 36.4 Å². The lowest BCUT2D eigenvalue weighted by Gasteiger charge is -2.10. The minimum atomic E-state index is -0.323. The van der Waals surface area contributed by atoms with Crippen molar-refractivity contribution < 1.29 is 13.9 Å². The van der Waals surface area contributed by atoms with E-state index < -0.39 is 0 Å². The molecule has 0 fully saturated rings. The summed E-state index contributed by atoms with van der Waals surface area (Å²) < 4.78 is 19.9. The molecular weight excluding hydrogens is 417 g/mol. The van der Waals surface area contributed by atoms with Crippen LogP contribution in [0.3, 0.4) is 0 Å². The lowest BCUT2D eigenvalue weighted by molar-refractivity contribution is 0.0943. The predicted molar refractivity (Wildman–Crippen MR) is 118 cm³/mol. The largest absolute Gasteiger partial charge is 0.497 e. The van der Waals surface area contributed by atoms with E-state index in [0.29, 0.717) is 22.1 Å². The normalized spacial score (nSPS) is 10.7. The van der Waals surface area contributed by atoms with Crippen molar-refractivity contribution in [1.29, 1.82) is 0 Å². The molecule has 0 saturated carbocycles. The van der Waals surface area contributed by atoms with Gasteiger partial charge in [-0.2, -0.15) is 5.10 Å². The van der Waals surface area contributed by atoms with E-state index in [2.05, 4.69) is 10.4 Å². The number of halogens is 2. The van der Waals surface area contributed by atoms with Gasteiger partial charge >= 0.3 is 0 Å². The Morgan fingerprint density at radius 1 is 1.06 bits per heavy atom. The molecular formula is C24H19ClFN3O2. The number of nitrogens with zero attached hydrogens (tertiary/aromatic N) is 2. The quantitative estimate of drug-likeness (QED) is 0.449. The second-order valence-corrected chi connectivity index (χ2v) is 7.22. The second kappa shape index (κ2) is 9.02. The lowest BCUT2D eigenvalue weighted by Crippen LogP contribution is -2.25. The fraction of sp³-hybridized carbons (Fsp3) is 0.0833. The van der Waals surface area contributed by atoms with Gasteiger partial charge in [-0.25, -0.2) is 9.07 Å². The average molecular weight is 436 g/mol. The van der Waals surface area contributed by atoms with Gasteiger partial charge in [0.05, 0.1) is 23.5 Å². The van der Waals surface area contributed by atoms with E-state index in [9.17, 15) is 9.18 Å². The summed E-state index contributed by atoms with van der Waals surface area (Å²) in [4.78, 5) is 13.0. The minimum absolute atomic E-state index is 0.255. The summed E-state index contributed by atoms with van der Waals surface area (Å²) in [6.45, 7) is 0.255. The molecule has 1 N–H and O–H groups in total. The third kappa shape index (κ3) is 4.59. The van der Waals surface area contributed by atoms with Crippen molar-refractivity contribution in [3.63, 3.8) is 0 Å². The zero-order chi connectivity index (χ0) is 21.8. The number of carbonyl (C=O) groups excluding carboxylic acids is 1. The van der Waals surface area contributed by atoms with Gasteiger partial charge in [0, 0.05) is 12.1 Å². The molecule has 1 amide bonds. The van der Waals surface area contributed by atoms with Crippen LogP contribution in [-0.4, -0.2) is 22.8 Å². The Bertz CT molecular complexity index is 1200. The number of para-hydroxylation sites is 1. The molecule has 0 bridgehead atoms. The summed E-state index contributed by atoms with van der Waals surface area (Å²) in [7, 11) is 1.60. The van der Waals surface area contributed by atoms with Crippen molar-refractivity contribution in [2.75, 3.05) is 7.11 Å². The van der Waals surface area contributed by atoms with Gasteiger partial charge in [0.1, 0.15) is 17.3 Å². The number of hydrogen-bond donors (Lipinski definition) is 1. The van der Waals surface area contributed by atoms with E-state index in [-0.39, 0.29) is 18.3 Å². The van der Waals surface area contributed by atoms with Crippen molar-refractivity contribution in [2.24, 2.45) is 0 Å². The smallest absolute Gasteiger partial charge is 0.270 e. The highest BCUT2D eigenvalue weighted by Crippen LogP contribution is 2.27. The van der Waals surface area contributed by atoms with Crippen LogP contribution < -0.4 is 10.1 Å². The molecule has 5 nitrogen and oxygen atoms in total. The average Bonchev–Trinajstić information content (AvgIpc) is 3.24. The number of methoxy groups -OCH3 is 1. The van der Waals surface area contributed by atoms with Crippen LogP contribution >= 0.6 is 11.6 Å². The zero-order valence-electron chi connectivity index (χ0n) is 16.7. The number of benzene rings is 3. The number of amides is 1. The maximum Gasteiger partial charge on any atom is 0.270 e. The van der Waals surface area contributed by atoms with Crippen molar-refractivity contribution in [1.82, 2.24) is 15.1 Å². The van der Waals surface area contributed by atoms with Crippen LogP contribution in [-0.2, 0) is 6.54 Å². The molecule has 0 spiro atoms. The highest BCUT2D eigenvalue weighted by molar-refractivity contribution is 6.32. The number of ether oxygens (including phenoxy) is 1. The standard InChI is InChI=1S/C24H19ClFN3O2/c1-31-19-12-8-17(9-13-19)21-14-23(29(28-21)22-5-3-2-4-20(22)25)24(30)27-15-16-6-10-18(26)11-7-16/h2-14H,15H2,1H3,(H,27,30). The van der Waals surface area contributed by atoms with E-state index in [0.717, 1.165) is 16.9 Å². The Hall–Kier alpha value is -3.64. The van der Waals surface area contributed by atoms with Crippen molar-refractivity contribution in [3.05, 3.63) is 101 Å². The SMILES string of the molecule is COc1ccc(-c2cc(C(=O)NCc3ccc(F)cc3)n(-c3ccccc3Cl)n2)cc1. The number of aromatic nitrogens is 2. The van der Waals surface area contributed by atoms with Gasteiger partial charge in [-0.05, 0) is 60.2 Å². The third-order valence-electron chi connectivity index (χ3n) is 4.77. The molecule has 1 aromatic heterocycles. The Labute approximate surface area is 184 Å². The van der Waals surface area contributed by atoms with Crippen LogP contribution in [0.2, 0.25) is 5.02 Å². The van der Waals surface area contributed by atoms with Gasteiger partial charge in [-0.1, -0.05) is 35.9 Å².